The number of likely N-dealkylation sites (tertiary alicyclic amines) is 1. The first-order chi connectivity index (χ1) is 15.3. The van der Waals surface area contributed by atoms with E-state index in [9.17, 15) is 4.79 Å². The minimum absolute atomic E-state index is 0.00146. The van der Waals surface area contributed by atoms with Gasteiger partial charge in [-0.05, 0) is 69.8 Å². The Morgan fingerprint density at radius 1 is 1.25 bits per heavy atom. The van der Waals surface area contributed by atoms with Gasteiger partial charge in [-0.15, -0.1) is 0 Å². The van der Waals surface area contributed by atoms with Crippen LogP contribution >= 0.6 is 11.6 Å². The molecular weight excluding hydrogens is 422 g/mol. The molecule has 1 aromatic carbocycles. The zero-order valence-corrected chi connectivity index (χ0v) is 20.5. The lowest BCUT2D eigenvalue weighted by Gasteiger charge is -2.27. The molecule has 4 rings (SSSR count). The van der Waals surface area contributed by atoms with E-state index in [0.29, 0.717) is 17.9 Å². The Kier molecular flexibility index (Phi) is 6.94. The summed E-state index contributed by atoms with van der Waals surface area (Å²) in [5.41, 5.74) is 1.90. The maximum atomic E-state index is 13.1. The lowest BCUT2D eigenvalue weighted by molar-refractivity contribution is 0.191. The average Bonchev–Trinajstić information content (AvgIpc) is 3.50. The largest absolute Gasteiger partial charge is 0.344 e. The van der Waals surface area contributed by atoms with Crippen LogP contribution in [-0.2, 0) is 12.1 Å². The van der Waals surface area contributed by atoms with Crippen molar-refractivity contribution in [2.24, 2.45) is 11.8 Å². The first-order valence-corrected chi connectivity index (χ1v) is 12.2. The van der Waals surface area contributed by atoms with Crippen molar-refractivity contribution in [1.29, 1.82) is 0 Å². The van der Waals surface area contributed by atoms with Crippen molar-refractivity contribution in [2.45, 2.75) is 57.7 Å². The number of nitrogens with zero attached hydrogens (tertiary/aromatic N) is 4. The van der Waals surface area contributed by atoms with Crippen molar-refractivity contribution in [3.8, 4) is 0 Å². The molecule has 2 fully saturated rings. The van der Waals surface area contributed by atoms with E-state index in [1.54, 1.807) is 0 Å². The topological polar surface area (TPSA) is 53.4 Å². The zero-order valence-electron chi connectivity index (χ0n) is 19.7. The van der Waals surface area contributed by atoms with Gasteiger partial charge in [0.2, 0.25) is 0 Å². The third-order valence-electron chi connectivity index (χ3n) is 7.65. The molecule has 3 atom stereocenters. The van der Waals surface area contributed by atoms with E-state index >= 15 is 0 Å². The fourth-order valence-corrected chi connectivity index (χ4v) is 5.75. The number of carbonyl (C=O) groups excluding carboxylic acids is 1. The van der Waals surface area contributed by atoms with E-state index in [2.05, 4.69) is 42.3 Å². The van der Waals surface area contributed by atoms with Gasteiger partial charge < -0.3 is 10.2 Å². The Labute approximate surface area is 196 Å². The van der Waals surface area contributed by atoms with Gasteiger partial charge in [-0.2, -0.15) is 9.78 Å². The predicted molar refractivity (Wildman–Crippen MR) is 129 cm³/mol. The number of benzene rings is 1. The first kappa shape index (κ1) is 23.3. The van der Waals surface area contributed by atoms with E-state index in [1.807, 2.05) is 42.4 Å². The second-order valence-corrected chi connectivity index (χ2v) is 10.2. The Morgan fingerprint density at radius 2 is 1.94 bits per heavy atom. The Hall–Kier alpha value is -1.89. The van der Waals surface area contributed by atoms with Crippen LogP contribution in [0, 0.1) is 11.8 Å². The number of fused-ring (bicyclic) bond motifs is 1. The molecule has 2 aromatic rings. The molecule has 1 amide bonds. The van der Waals surface area contributed by atoms with Crippen LogP contribution in [0.15, 0.2) is 36.5 Å². The summed E-state index contributed by atoms with van der Waals surface area (Å²) in [4.78, 5) is 17.6. The molecule has 1 saturated carbocycles. The molecule has 1 aliphatic carbocycles. The van der Waals surface area contributed by atoms with E-state index < -0.39 is 0 Å². The average molecular weight is 458 g/mol. The van der Waals surface area contributed by atoms with Crippen LogP contribution in [0.3, 0.4) is 0 Å². The first-order valence-electron chi connectivity index (χ1n) is 11.8. The molecule has 174 valence electrons. The number of hydrogen-bond acceptors (Lipinski definition) is 4. The number of aromatic nitrogens is 2. The van der Waals surface area contributed by atoms with E-state index in [4.69, 9.17) is 11.6 Å². The SMILES string of the molecule is CCCC(C)(NC)c1ccn(C(=O)N2CC3CC(N(C)Cc4ccccc4Cl)CC3C2)n1. The van der Waals surface area contributed by atoms with Crippen LogP contribution in [0.25, 0.3) is 0 Å². The smallest absolute Gasteiger partial charge is 0.322 e. The Morgan fingerprint density at radius 3 is 2.56 bits per heavy atom. The molecule has 6 nitrogen and oxygen atoms in total. The molecule has 3 unspecified atom stereocenters. The summed E-state index contributed by atoms with van der Waals surface area (Å²) in [6.07, 6.45) is 6.12. The van der Waals surface area contributed by atoms with Gasteiger partial charge in [0.05, 0.1) is 11.2 Å². The number of rotatable bonds is 7. The zero-order chi connectivity index (χ0) is 22.9. The van der Waals surface area contributed by atoms with Gasteiger partial charge in [0, 0.05) is 36.9 Å². The molecule has 7 heteroatoms. The molecule has 1 N–H and O–H groups in total. The summed E-state index contributed by atoms with van der Waals surface area (Å²) in [5, 5.41) is 8.86. The molecule has 0 spiro atoms. The lowest BCUT2D eigenvalue weighted by atomic mass is 9.93. The van der Waals surface area contributed by atoms with Gasteiger partial charge in [0.1, 0.15) is 0 Å². The second-order valence-electron chi connectivity index (χ2n) is 9.82. The third-order valence-corrected chi connectivity index (χ3v) is 8.02. The highest BCUT2D eigenvalue weighted by Crippen LogP contribution is 2.40. The molecule has 0 radical (unpaired) electrons. The molecule has 2 aliphatic rings. The normalized spacial score (nSPS) is 24.7. The maximum Gasteiger partial charge on any atom is 0.344 e. The highest BCUT2D eigenvalue weighted by Gasteiger charge is 2.44. The fourth-order valence-electron chi connectivity index (χ4n) is 5.56. The van der Waals surface area contributed by atoms with E-state index in [0.717, 1.165) is 56.0 Å². The van der Waals surface area contributed by atoms with Crippen molar-refractivity contribution in [3.05, 3.63) is 52.8 Å². The summed E-state index contributed by atoms with van der Waals surface area (Å²) in [7, 11) is 4.15. The van der Waals surface area contributed by atoms with Crippen LogP contribution in [0.4, 0.5) is 4.79 Å². The molecule has 1 aliphatic heterocycles. The molecule has 32 heavy (non-hydrogen) atoms. The molecule has 1 saturated heterocycles. The predicted octanol–water partition coefficient (Wildman–Crippen LogP) is 4.58. The van der Waals surface area contributed by atoms with Crippen LogP contribution in [0.1, 0.15) is 50.8 Å². The van der Waals surface area contributed by atoms with Crippen molar-refractivity contribution in [1.82, 2.24) is 24.9 Å². The molecular formula is C25H36ClN5O. The van der Waals surface area contributed by atoms with Crippen molar-refractivity contribution < 1.29 is 4.79 Å². The van der Waals surface area contributed by atoms with Gasteiger partial charge in [-0.3, -0.25) is 4.90 Å². The van der Waals surface area contributed by atoms with Crippen LogP contribution in [0.5, 0.6) is 0 Å². The van der Waals surface area contributed by atoms with Gasteiger partial charge in [-0.25, -0.2) is 4.79 Å². The van der Waals surface area contributed by atoms with Gasteiger partial charge in [0.15, 0.2) is 0 Å². The van der Waals surface area contributed by atoms with Crippen molar-refractivity contribution >= 4 is 17.6 Å². The number of nitrogens with one attached hydrogen (secondary N) is 1. The van der Waals surface area contributed by atoms with Gasteiger partial charge in [-0.1, -0.05) is 43.1 Å². The summed E-state index contributed by atoms with van der Waals surface area (Å²) >= 11 is 6.36. The molecule has 0 bridgehead atoms. The highest BCUT2D eigenvalue weighted by molar-refractivity contribution is 6.31. The third kappa shape index (κ3) is 4.59. The highest BCUT2D eigenvalue weighted by atomic mass is 35.5. The van der Waals surface area contributed by atoms with Gasteiger partial charge >= 0.3 is 6.03 Å². The summed E-state index contributed by atoms with van der Waals surface area (Å²) < 4.78 is 1.53. The van der Waals surface area contributed by atoms with Crippen LogP contribution < -0.4 is 5.32 Å². The molecule has 1 aromatic heterocycles. The number of halogens is 1. The monoisotopic (exact) mass is 457 g/mol. The van der Waals surface area contributed by atoms with Crippen LogP contribution in [-0.4, -0.2) is 58.8 Å². The quantitative estimate of drug-likeness (QED) is 0.661. The fraction of sp³-hybridized carbons (Fsp3) is 0.600. The van der Waals surface area contributed by atoms with Crippen molar-refractivity contribution in [3.63, 3.8) is 0 Å². The number of carbonyl (C=O) groups is 1. The minimum atomic E-state index is -0.207. The second kappa shape index (κ2) is 9.54. The summed E-state index contributed by atoms with van der Waals surface area (Å²) in [6.45, 7) is 6.83. The summed E-state index contributed by atoms with van der Waals surface area (Å²) in [6, 6.07) is 10.6. The van der Waals surface area contributed by atoms with E-state index in [1.165, 1.54) is 10.2 Å². The Balaban J connectivity index is 1.34. The standard InChI is InChI=1S/C25H36ClN5O/c1-5-11-25(2,27-3)23-10-12-31(28-23)24(32)30-16-19-13-21(14-20(19)17-30)29(4)15-18-8-6-7-9-22(18)26/h6-10,12,19-21,27H,5,11,13-17H2,1-4H3. The molecule has 2 heterocycles. The Bertz CT molecular complexity index is 932. The maximum absolute atomic E-state index is 13.1. The lowest BCUT2D eigenvalue weighted by Crippen LogP contribution is -2.38. The van der Waals surface area contributed by atoms with Crippen LogP contribution in [0.2, 0.25) is 5.02 Å². The van der Waals surface area contributed by atoms with Gasteiger partial charge in [0.25, 0.3) is 0 Å². The number of amides is 1. The van der Waals surface area contributed by atoms with E-state index in [-0.39, 0.29) is 11.6 Å². The summed E-state index contributed by atoms with van der Waals surface area (Å²) in [5.74, 6) is 1.13. The van der Waals surface area contributed by atoms with Crippen molar-refractivity contribution in [2.75, 3.05) is 27.2 Å². The minimum Gasteiger partial charge on any atom is -0.322 e. The number of hydrogen-bond donors (Lipinski definition) is 1.